The third-order valence-electron chi connectivity index (χ3n) is 2.69. The van der Waals surface area contributed by atoms with Gasteiger partial charge in [0.2, 0.25) is 0 Å². The molecule has 0 fully saturated rings. The molecule has 1 rings (SSSR count). The molecule has 4 heteroatoms. The van der Waals surface area contributed by atoms with Gasteiger partial charge in [-0.1, -0.05) is 13.0 Å². The van der Waals surface area contributed by atoms with Crippen LogP contribution in [0.3, 0.4) is 0 Å². The zero-order chi connectivity index (χ0) is 12.2. The fraction of sp³-hybridized carbons (Fsp3) is 0.417. The number of aliphatic hydroxyl groups is 1. The van der Waals surface area contributed by atoms with Crippen LogP contribution in [0, 0.1) is 0 Å². The van der Waals surface area contributed by atoms with Gasteiger partial charge in [0.1, 0.15) is 0 Å². The lowest BCUT2D eigenvalue weighted by Crippen LogP contribution is -2.48. The molecule has 0 aliphatic carbocycles. The highest BCUT2D eigenvalue weighted by Gasteiger charge is 2.23. The third-order valence-corrected chi connectivity index (χ3v) is 2.69. The number of amides is 1. The number of hydrogen-bond donors (Lipinski definition) is 3. The van der Waals surface area contributed by atoms with Crippen LogP contribution in [0.25, 0.3) is 0 Å². The Bertz CT molecular complexity index is 373. The van der Waals surface area contributed by atoms with E-state index in [0.717, 1.165) is 0 Å². The Hall–Kier alpha value is -1.55. The lowest BCUT2D eigenvalue weighted by molar-refractivity contribution is 0.0847. The number of carbonyl (C=O) groups excluding carboxylic acids is 1. The molecule has 4 N–H and O–H groups in total. The summed E-state index contributed by atoms with van der Waals surface area (Å²) in [7, 11) is 0. The number of rotatable bonds is 4. The highest BCUT2D eigenvalue weighted by Crippen LogP contribution is 2.11. The largest absolute Gasteiger partial charge is 0.399 e. The Morgan fingerprint density at radius 1 is 1.56 bits per heavy atom. The summed E-state index contributed by atoms with van der Waals surface area (Å²) >= 11 is 0. The molecular weight excluding hydrogens is 204 g/mol. The molecule has 88 valence electrons. The van der Waals surface area contributed by atoms with Crippen molar-refractivity contribution >= 4 is 11.6 Å². The van der Waals surface area contributed by atoms with E-state index < -0.39 is 5.54 Å². The van der Waals surface area contributed by atoms with Gasteiger partial charge in [0.05, 0.1) is 12.1 Å². The Balaban J connectivity index is 2.80. The van der Waals surface area contributed by atoms with Gasteiger partial charge < -0.3 is 16.2 Å². The quantitative estimate of drug-likeness (QED) is 0.669. The van der Waals surface area contributed by atoms with E-state index in [1.807, 2.05) is 6.92 Å². The zero-order valence-corrected chi connectivity index (χ0v) is 9.66. The van der Waals surface area contributed by atoms with Crippen molar-refractivity contribution in [1.29, 1.82) is 0 Å². The maximum absolute atomic E-state index is 11.9. The van der Waals surface area contributed by atoms with Crippen LogP contribution in [-0.4, -0.2) is 23.2 Å². The number of nitrogen functional groups attached to an aromatic ring is 1. The number of carbonyl (C=O) groups is 1. The molecule has 4 nitrogen and oxygen atoms in total. The molecule has 0 spiro atoms. The molecule has 0 aliphatic rings. The van der Waals surface area contributed by atoms with E-state index in [9.17, 15) is 9.90 Å². The van der Waals surface area contributed by atoms with Crippen LogP contribution in [-0.2, 0) is 0 Å². The van der Waals surface area contributed by atoms with Crippen LogP contribution in [0.15, 0.2) is 24.3 Å². The smallest absolute Gasteiger partial charge is 0.251 e. The fourth-order valence-electron chi connectivity index (χ4n) is 1.27. The minimum absolute atomic E-state index is 0.0858. The number of anilines is 1. The molecule has 1 atom stereocenters. The summed E-state index contributed by atoms with van der Waals surface area (Å²) in [6, 6.07) is 6.76. The second kappa shape index (κ2) is 4.99. The van der Waals surface area contributed by atoms with Gasteiger partial charge in [-0.15, -0.1) is 0 Å². The van der Waals surface area contributed by atoms with E-state index in [0.29, 0.717) is 17.7 Å². The Kier molecular flexibility index (Phi) is 3.90. The van der Waals surface area contributed by atoms with Gasteiger partial charge in [-0.2, -0.15) is 0 Å². The molecule has 0 saturated carbocycles. The fourth-order valence-corrected chi connectivity index (χ4v) is 1.27. The molecule has 1 aromatic rings. The van der Waals surface area contributed by atoms with E-state index in [1.54, 1.807) is 31.2 Å². The monoisotopic (exact) mass is 222 g/mol. The minimum Gasteiger partial charge on any atom is -0.399 e. The van der Waals surface area contributed by atoms with Crippen molar-refractivity contribution in [3.63, 3.8) is 0 Å². The summed E-state index contributed by atoms with van der Waals surface area (Å²) in [5.41, 5.74) is 6.07. The summed E-state index contributed by atoms with van der Waals surface area (Å²) in [4.78, 5) is 11.9. The summed E-state index contributed by atoms with van der Waals surface area (Å²) < 4.78 is 0. The molecule has 0 aliphatic heterocycles. The Morgan fingerprint density at radius 3 is 2.75 bits per heavy atom. The second-order valence-electron chi connectivity index (χ2n) is 4.15. The number of nitrogens with one attached hydrogen (secondary N) is 1. The van der Waals surface area contributed by atoms with Crippen molar-refractivity contribution in [3.8, 4) is 0 Å². The van der Waals surface area contributed by atoms with Crippen molar-refractivity contribution in [1.82, 2.24) is 5.32 Å². The van der Waals surface area contributed by atoms with Gasteiger partial charge in [0, 0.05) is 11.3 Å². The molecule has 0 saturated heterocycles. The maximum Gasteiger partial charge on any atom is 0.251 e. The molecule has 0 aromatic heterocycles. The molecule has 0 bridgehead atoms. The average Bonchev–Trinajstić information content (AvgIpc) is 2.29. The van der Waals surface area contributed by atoms with Crippen molar-refractivity contribution in [2.24, 2.45) is 0 Å². The molecule has 1 aromatic carbocycles. The topological polar surface area (TPSA) is 75.3 Å². The van der Waals surface area contributed by atoms with Gasteiger partial charge in [0.25, 0.3) is 5.91 Å². The first kappa shape index (κ1) is 12.5. The van der Waals surface area contributed by atoms with Crippen LogP contribution < -0.4 is 11.1 Å². The third kappa shape index (κ3) is 2.97. The first-order valence-corrected chi connectivity index (χ1v) is 5.29. The standard InChI is InChI=1S/C12H18N2O2/c1-3-12(2,8-15)14-11(16)9-5-4-6-10(13)7-9/h4-7,15H,3,8,13H2,1-2H3,(H,14,16). The molecule has 1 unspecified atom stereocenters. The lowest BCUT2D eigenvalue weighted by atomic mass is 9.99. The molecule has 0 heterocycles. The number of nitrogens with two attached hydrogens (primary N) is 1. The molecule has 0 radical (unpaired) electrons. The van der Waals surface area contributed by atoms with Crippen LogP contribution in [0.4, 0.5) is 5.69 Å². The van der Waals surface area contributed by atoms with Crippen LogP contribution >= 0.6 is 0 Å². The van der Waals surface area contributed by atoms with Crippen molar-refractivity contribution < 1.29 is 9.90 Å². The van der Waals surface area contributed by atoms with Crippen LogP contribution in [0.2, 0.25) is 0 Å². The van der Waals surface area contributed by atoms with E-state index in [-0.39, 0.29) is 12.5 Å². The summed E-state index contributed by atoms with van der Waals surface area (Å²) in [6.45, 7) is 3.63. The first-order valence-electron chi connectivity index (χ1n) is 5.29. The Morgan fingerprint density at radius 2 is 2.25 bits per heavy atom. The highest BCUT2D eigenvalue weighted by atomic mass is 16.3. The molecule has 1 amide bonds. The molecule has 16 heavy (non-hydrogen) atoms. The van der Waals surface area contributed by atoms with Crippen molar-refractivity contribution in [2.45, 2.75) is 25.8 Å². The summed E-state index contributed by atoms with van der Waals surface area (Å²) in [6.07, 6.45) is 0.664. The second-order valence-corrected chi connectivity index (χ2v) is 4.15. The van der Waals surface area contributed by atoms with Gasteiger partial charge in [0.15, 0.2) is 0 Å². The van der Waals surface area contributed by atoms with E-state index in [4.69, 9.17) is 5.73 Å². The van der Waals surface area contributed by atoms with Gasteiger partial charge in [-0.05, 0) is 31.5 Å². The number of hydrogen-bond acceptors (Lipinski definition) is 3. The summed E-state index contributed by atoms with van der Waals surface area (Å²) in [5.74, 6) is -0.217. The van der Waals surface area contributed by atoms with Gasteiger partial charge >= 0.3 is 0 Å². The highest BCUT2D eigenvalue weighted by molar-refractivity contribution is 5.95. The number of aliphatic hydroxyl groups excluding tert-OH is 1. The SMILES string of the molecule is CCC(C)(CO)NC(=O)c1cccc(N)c1. The van der Waals surface area contributed by atoms with Gasteiger partial charge in [-0.3, -0.25) is 4.79 Å². The Labute approximate surface area is 95.5 Å². The van der Waals surface area contributed by atoms with E-state index in [1.165, 1.54) is 0 Å². The van der Waals surface area contributed by atoms with Crippen molar-refractivity contribution in [2.75, 3.05) is 12.3 Å². The average molecular weight is 222 g/mol. The maximum atomic E-state index is 11.9. The van der Waals surface area contributed by atoms with Crippen LogP contribution in [0.1, 0.15) is 30.6 Å². The minimum atomic E-state index is -0.582. The first-order chi connectivity index (χ1) is 7.50. The van der Waals surface area contributed by atoms with E-state index in [2.05, 4.69) is 5.32 Å². The molecular formula is C12H18N2O2. The normalized spacial score (nSPS) is 14.2. The van der Waals surface area contributed by atoms with Crippen LogP contribution in [0.5, 0.6) is 0 Å². The predicted octanol–water partition coefficient (Wildman–Crippen LogP) is 1.16. The van der Waals surface area contributed by atoms with E-state index >= 15 is 0 Å². The van der Waals surface area contributed by atoms with Gasteiger partial charge in [-0.25, -0.2) is 0 Å². The lowest BCUT2D eigenvalue weighted by Gasteiger charge is -2.27. The predicted molar refractivity (Wildman–Crippen MR) is 64.1 cm³/mol. The summed E-state index contributed by atoms with van der Waals surface area (Å²) in [5, 5.41) is 12.0. The zero-order valence-electron chi connectivity index (χ0n) is 9.66. The van der Waals surface area contributed by atoms with Crippen molar-refractivity contribution in [3.05, 3.63) is 29.8 Å². The number of benzene rings is 1.